The lowest BCUT2D eigenvalue weighted by Gasteiger charge is -2.29. The SMILES string of the molecule is Cc1ccc2ccccc2c1C(O)(OI)c1ccccc1. The van der Waals surface area contributed by atoms with Crippen molar-refractivity contribution in [3.63, 3.8) is 0 Å². The van der Waals surface area contributed by atoms with Gasteiger partial charge in [0.05, 0.1) is 0 Å². The molecule has 0 aromatic heterocycles. The van der Waals surface area contributed by atoms with Crippen LogP contribution in [0.1, 0.15) is 16.7 Å². The van der Waals surface area contributed by atoms with Crippen LogP contribution in [0.25, 0.3) is 10.8 Å². The molecule has 0 aliphatic heterocycles. The Balaban J connectivity index is 2.34. The molecule has 2 nitrogen and oxygen atoms in total. The molecule has 106 valence electrons. The molecule has 0 bridgehead atoms. The fourth-order valence-electron chi connectivity index (χ4n) is 2.72. The number of halogens is 1. The van der Waals surface area contributed by atoms with Crippen molar-refractivity contribution in [3.8, 4) is 0 Å². The van der Waals surface area contributed by atoms with Crippen molar-refractivity contribution in [2.24, 2.45) is 0 Å². The normalized spacial score (nSPS) is 14.0. The first kappa shape index (κ1) is 14.5. The number of rotatable bonds is 3. The number of aryl methyl sites for hydroxylation is 1. The van der Waals surface area contributed by atoms with Gasteiger partial charge in [-0.05, 0) is 23.3 Å². The molecule has 0 saturated heterocycles. The Bertz CT molecular complexity index is 771. The molecule has 0 saturated carbocycles. The largest absolute Gasteiger partial charge is 0.358 e. The number of aliphatic hydroxyl groups is 1. The molecule has 3 aromatic carbocycles. The third-order valence-corrected chi connectivity index (χ3v) is 4.39. The van der Waals surface area contributed by atoms with Gasteiger partial charge in [0.1, 0.15) is 23.0 Å². The topological polar surface area (TPSA) is 29.5 Å². The van der Waals surface area contributed by atoms with E-state index in [1.165, 1.54) is 0 Å². The van der Waals surface area contributed by atoms with Crippen LogP contribution in [-0.4, -0.2) is 5.11 Å². The molecule has 0 amide bonds. The molecule has 1 atom stereocenters. The predicted octanol–water partition coefficient (Wildman–Crippen LogP) is 4.71. The lowest BCUT2D eigenvalue weighted by molar-refractivity contribution is -0.0763. The summed E-state index contributed by atoms with van der Waals surface area (Å²) in [6.07, 6.45) is 0. The first-order chi connectivity index (χ1) is 10.2. The highest BCUT2D eigenvalue weighted by atomic mass is 127. The number of benzene rings is 3. The first-order valence-electron chi connectivity index (χ1n) is 6.73. The quantitative estimate of drug-likeness (QED) is 0.519. The molecule has 3 heteroatoms. The third kappa shape index (κ3) is 2.46. The molecule has 0 spiro atoms. The van der Waals surface area contributed by atoms with Gasteiger partial charge in [-0.2, -0.15) is 0 Å². The first-order valence-corrected chi connectivity index (χ1v) is 7.61. The molecule has 0 heterocycles. The van der Waals surface area contributed by atoms with Crippen LogP contribution >= 0.6 is 23.0 Å². The van der Waals surface area contributed by atoms with Crippen molar-refractivity contribution in [2.75, 3.05) is 0 Å². The van der Waals surface area contributed by atoms with Gasteiger partial charge in [0, 0.05) is 11.1 Å². The van der Waals surface area contributed by atoms with Crippen LogP contribution in [0, 0.1) is 6.92 Å². The summed E-state index contributed by atoms with van der Waals surface area (Å²) in [6.45, 7) is 1.99. The Morgan fingerprint density at radius 3 is 2.29 bits per heavy atom. The molecule has 1 unspecified atom stereocenters. The van der Waals surface area contributed by atoms with Crippen LogP contribution < -0.4 is 0 Å². The van der Waals surface area contributed by atoms with Gasteiger partial charge >= 0.3 is 0 Å². The number of hydrogen-bond donors (Lipinski definition) is 1. The summed E-state index contributed by atoms with van der Waals surface area (Å²) in [4.78, 5) is 0. The summed E-state index contributed by atoms with van der Waals surface area (Å²) >= 11 is 1.77. The highest BCUT2D eigenvalue weighted by Crippen LogP contribution is 2.39. The van der Waals surface area contributed by atoms with E-state index in [4.69, 9.17) is 3.07 Å². The molecule has 3 aromatic rings. The lowest BCUT2D eigenvalue weighted by Crippen LogP contribution is -2.28. The number of fused-ring (bicyclic) bond motifs is 1. The van der Waals surface area contributed by atoms with E-state index in [2.05, 4.69) is 6.07 Å². The summed E-state index contributed by atoms with van der Waals surface area (Å²) in [5.74, 6) is -1.47. The van der Waals surface area contributed by atoms with E-state index in [-0.39, 0.29) is 0 Å². The molecule has 1 N–H and O–H groups in total. The summed E-state index contributed by atoms with van der Waals surface area (Å²) in [6, 6.07) is 21.6. The molecule has 0 fully saturated rings. The number of hydrogen-bond acceptors (Lipinski definition) is 2. The van der Waals surface area contributed by atoms with Crippen LogP contribution in [0.5, 0.6) is 0 Å². The molecule has 21 heavy (non-hydrogen) atoms. The van der Waals surface area contributed by atoms with E-state index in [0.29, 0.717) is 0 Å². The molecular formula is C18H15IO2. The molecule has 3 rings (SSSR count). The van der Waals surface area contributed by atoms with Crippen molar-refractivity contribution < 1.29 is 8.17 Å². The highest BCUT2D eigenvalue weighted by Gasteiger charge is 2.35. The summed E-state index contributed by atoms with van der Waals surface area (Å²) in [5, 5.41) is 13.3. The van der Waals surface area contributed by atoms with E-state index >= 15 is 0 Å². The standard InChI is InChI=1S/C18H15IO2/c1-13-11-12-14-7-5-6-10-16(14)17(13)18(20,21-19)15-8-3-2-4-9-15/h2-12,20H,1H3. The minimum atomic E-state index is -1.47. The summed E-state index contributed by atoms with van der Waals surface area (Å²) < 4.78 is 5.52. The monoisotopic (exact) mass is 390 g/mol. The van der Waals surface area contributed by atoms with Gasteiger partial charge in [-0.25, -0.2) is 0 Å². The van der Waals surface area contributed by atoms with Crippen molar-refractivity contribution >= 4 is 33.8 Å². The van der Waals surface area contributed by atoms with Gasteiger partial charge in [0.2, 0.25) is 5.79 Å². The van der Waals surface area contributed by atoms with Crippen LogP contribution in [-0.2, 0) is 8.85 Å². The van der Waals surface area contributed by atoms with Gasteiger partial charge in [-0.1, -0.05) is 66.7 Å². The maximum absolute atomic E-state index is 11.2. The second-order valence-electron chi connectivity index (χ2n) is 5.07. The fourth-order valence-corrected chi connectivity index (χ4v) is 3.20. The van der Waals surface area contributed by atoms with Crippen LogP contribution in [0.15, 0.2) is 66.7 Å². The third-order valence-electron chi connectivity index (χ3n) is 3.75. The minimum Gasteiger partial charge on any atom is -0.358 e. The molecule has 0 aliphatic carbocycles. The summed E-state index contributed by atoms with van der Waals surface area (Å²) in [7, 11) is 0. The average molecular weight is 390 g/mol. The van der Waals surface area contributed by atoms with E-state index in [1.54, 1.807) is 23.0 Å². The van der Waals surface area contributed by atoms with Gasteiger partial charge in [-0.15, -0.1) is 0 Å². The van der Waals surface area contributed by atoms with Crippen LogP contribution in [0.4, 0.5) is 0 Å². The predicted molar refractivity (Wildman–Crippen MR) is 93.2 cm³/mol. The molecule has 0 radical (unpaired) electrons. The Labute approximate surface area is 138 Å². The average Bonchev–Trinajstić information content (AvgIpc) is 2.55. The van der Waals surface area contributed by atoms with Crippen molar-refractivity contribution in [2.45, 2.75) is 12.7 Å². The Morgan fingerprint density at radius 2 is 1.57 bits per heavy atom. The van der Waals surface area contributed by atoms with Gasteiger partial charge in [0.25, 0.3) is 0 Å². The van der Waals surface area contributed by atoms with Crippen LogP contribution in [0.3, 0.4) is 0 Å². The summed E-state index contributed by atoms with van der Waals surface area (Å²) in [5.41, 5.74) is 2.51. The zero-order chi connectivity index (χ0) is 14.9. The molecule has 0 aliphatic rings. The Hall–Kier alpha value is -1.43. The maximum atomic E-state index is 11.2. The van der Waals surface area contributed by atoms with E-state index < -0.39 is 5.79 Å². The second-order valence-corrected chi connectivity index (χ2v) is 5.51. The fraction of sp³-hybridized carbons (Fsp3) is 0.111. The Kier molecular flexibility index (Phi) is 3.97. The van der Waals surface area contributed by atoms with Crippen molar-refractivity contribution in [1.82, 2.24) is 0 Å². The Morgan fingerprint density at radius 1 is 0.905 bits per heavy atom. The second kappa shape index (κ2) is 5.75. The minimum absolute atomic E-state index is 0.721. The van der Waals surface area contributed by atoms with Crippen molar-refractivity contribution in [3.05, 3.63) is 83.4 Å². The van der Waals surface area contributed by atoms with Gasteiger partial charge < -0.3 is 5.11 Å². The van der Waals surface area contributed by atoms with Crippen molar-refractivity contribution in [1.29, 1.82) is 0 Å². The maximum Gasteiger partial charge on any atom is 0.231 e. The smallest absolute Gasteiger partial charge is 0.231 e. The van der Waals surface area contributed by atoms with E-state index in [9.17, 15) is 5.11 Å². The lowest BCUT2D eigenvalue weighted by atomic mass is 9.89. The molecular weight excluding hydrogens is 375 g/mol. The highest BCUT2D eigenvalue weighted by molar-refractivity contribution is 14.1. The zero-order valence-electron chi connectivity index (χ0n) is 11.6. The van der Waals surface area contributed by atoms with Crippen LogP contribution in [0.2, 0.25) is 0 Å². The zero-order valence-corrected chi connectivity index (χ0v) is 13.7. The van der Waals surface area contributed by atoms with E-state index in [0.717, 1.165) is 27.5 Å². The van der Waals surface area contributed by atoms with Gasteiger partial charge in [-0.3, -0.25) is 3.07 Å². The van der Waals surface area contributed by atoms with Gasteiger partial charge in [0.15, 0.2) is 0 Å². The van der Waals surface area contributed by atoms with E-state index in [1.807, 2.05) is 67.6 Å².